The Morgan fingerprint density at radius 2 is 1.88 bits per heavy atom. The normalized spacial score (nSPS) is 12.1. The zero-order valence-electron chi connectivity index (χ0n) is 19.1. The number of benzene rings is 2. The lowest BCUT2D eigenvalue weighted by Gasteiger charge is -2.18. The smallest absolute Gasteiger partial charge is 0.380 e. The summed E-state index contributed by atoms with van der Waals surface area (Å²) in [4.78, 5) is 17.7. The van der Waals surface area contributed by atoms with E-state index in [9.17, 15) is 13.2 Å². The van der Waals surface area contributed by atoms with E-state index in [1.165, 1.54) is 30.6 Å². The molecule has 1 amide bonds. The average Bonchev–Trinajstić information content (AvgIpc) is 3.28. The number of hydrogen-bond donors (Lipinski definition) is 2. The molecule has 0 spiro atoms. The first kappa shape index (κ1) is 25.5. The minimum Gasteiger partial charge on any atom is -0.493 e. The number of thiazole rings is 1. The van der Waals surface area contributed by atoms with Crippen molar-refractivity contribution in [2.75, 3.05) is 14.2 Å². The van der Waals surface area contributed by atoms with Gasteiger partial charge in [-0.1, -0.05) is 31.2 Å². The lowest BCUT2D eigenvalue weighted by atomic mass is 10.0. The molecule has 0 radical (unpaired) electrons. The molecule has 1 heterocycles. The maximum Gasteiger partial charge on any atom is 0.380 e. The third-order valence-corrected chi connectivity index (χ3v) is 6.41. The third-order valence-electron chi connectivity index (χ3n) is 4.98. The summed E-state index contributed by atoms with van der Waals surface area (Å²) in [5.41, 5.74) is 2.51. The maximum absolute atomic E-state index is 13.0. The summed E-state index contributed by atoms with van der Waals surface area (Å²) < 4.78 is 37.7. The van der Waals surface area contributed by atoms with Gasteiger partial charge in [-0.05, 0) is 36.6 Å². The summed E-state index contributed by atoms with van der Waals surface area (Å²) >= 11 is 1.48. The number of aryl methyl sites for hydroxylation is 1. The molecular formula is C23H27N3O6S2. The topological polar surface area (TPSA) is 130 Å². The quantitative estimate of drug-likeness (QED) is 0.410. The molecule has 1 atom stereocenters. The highest BCUT2D eigenvalue weighted by atomic mass is 32.2. The minimum atomic E-state index is -4.10. The Hall–Kier alpha value is -3.15. The highest BCUT2D eigenvalue weighted by Gasteiger charge is 2.21. The van der Waals surface area contributed by atoms with E-state index in [1.807, 2.05) is 18.4 Å². The van der Waals surface area contributed by atoms with Crippen LogP contribution < -0.4 is 24.1 Å². The first-order valence-electron chi connectivity index (χ1n) is 10.5. The van der Waals surface area contributed by atoms with Crippen LogP contribution in [0.3, 0.4) is 0 Å². The van der Waals surface area contributed by atoms with Crippen molar-refractivity contribution in [1.29, 1.82) is 0 Å². The van der Waals surface area contributed by atoms with Gasteiger partial charge in [0.2, 0.25) is 5.91 Å². The molecule has 1 aromatic heterocycles. The summed E-state index contributed by atoms with van der Waals surface area (Å²) in [5.74, 6) is 0.988. The molecule has 2 aromatic carbocycles. The van der Waals surface area contributed by atoms with Gasteiger partial charge in [0.25, 0.3) is 0 Å². The van der Waals surface area contributed by atoms with Crippen LogP contribution in [0.25, 0.3) is 0 Å². The number of para-hydroxylation sites is 1. The van der Waals surface area contributed by atoms with E-state index in [4.69, 9.17) is 14.6 Å². The van der Waals surface area contributed by atoms with Crippen LogP contribution in [0.15, 0.2) is 47.8 Å². The van der Waals surface area contributed by atoms with Crippen molar-refractivity contribution in [3.63, 3.8) is 0 Å². The second-order valence-corrected chi connectivity index (χ2v) is 9.45. The molecule has 0 fully saturated rings. The zero-order valence-corrected chi connectivity index (χ0v) is 20.7. The highest BCUT2D eigenvalue weighted by molar-refractivity contribution is 7.84. The van der Waals surface area contributed by atoms with Crippen molar-refractivity contribution in [2.24, 2.45) is 5.14 Å². The Morgan fingerprint density at radius 3 is 2.47 bits per heavy atom. The maximum atomic E-state index is 13.0. The molecule has 3 rings (SSSR count). The van der Waals surface area contributed by atoms with Crippen molar-refractivity contribution in [3.05, 3.63) is 69.7 Å². The lowest BCUT2D eigenvalue weighted by Crippen LogP contribution is -2.31. The summed E-state index contributed by atoms with van der Waals surface area (Å²) in [6.45, 7) is 2.02. The van der Waals surface area contributed by atoms with Gasteiger partial charge in [0.15, 0.2) is 11.5 Å². The summed E-state index contributed by atoms with van der Waals surface area (Å²) in [5, 5.41) is 10.7. The molecule has 0 bridgehead atoms. The van der Waals surface area contributed by atoms with Crippen LogP contribution in [0.2, 0.25) is 0 Å². The Labute approximate surface area is 203 Å². The summed E-state index contributed by atoms with van der Waals surface area (Å²) in [6.07, 6.45) is 1.34. The van der Waals surface area contributed by atoms with Gasteiger partial charge in [-0.25, -0.2) is 4.98 Å². The predicted molar refractivity (Wildman–Crippen MR) is 130 cm³/mol. The number of nitrogens with two attached hydrogens (primary N) is 1. The van der Waals surface area contributed by atoms with Crippen molar-refractivity contribution in [1.82, 2.24) is 10.3 Å². The van der Waals surface area contributed by atoms with Crippen LogP contribution >= 0.6 is 11.3 Å². The monoisotopic (exact) mass is 505 g/mol. The van der Waals surface area contributed by atoms with Crippen LogP contribution in [-0.4, -0.2) is 33.5 Å². The van der Waals surface area contributed by atoms with Crippen LogP contribution in [0.1, 0.15) is 34.8 Å². The van der Waals surface area contributed by atoms with E-state index >= 15 is 0 Å². The fourth-order valence-electron chi connectivity index (χ4n) is 3.41. The van der Waals surface area contributed by atoms with E-state index in [1.54, 1.807) is 31.4 Å². The number of hydrogen-bond acceptors (Lipinski definition) is 8. The molecule has 0 aliphatic heterocycles. The van der Waals surface area contributed by atoms with Gasteiger partial charge in [-0.3, -0.25) is 4.79 Å². The number of nitrogens with one attached hydrogen (secondary N) is 1. The Balaban J connectivity index is 1.79. The average molecular weight is 506 g/mol. The molecule has 1 unspecified atom stereocenters. The van der Waals surface area contributed by atoms with Gasteiger partial charge in [0.1, 0.15) is 10.8 Å². The van der Waals surface area contributed by atoms with E-state index in [2.05, 4.69) is 14.5 Å². The van der Waals surface area contributed by atoms with Crippen LogP contribution in [0.4, 0.5) is 0 Å². The van der Waals surface area contributed by atoms with Crippen molar-refractivity contribution < 1.29 is 26.9 Å². The Kier molecular flexibility index (Phi) is 8.48. The first-order chi connectivity index (χ1) is 16.2. The first-order valence-corrected chi connectivity index (χ1v) is 12.8. The molecule has 0 saturated carbocycles. The second kappa shape index (κ2) is 11.3. The lowest BCUT2D eigenvalue weighted by molar-refractivity contribution is -0.121. The molecule has 0 saturated heterocycles. The van der Waals surface area contributed by atoms with E-state index in [0.29, 0.717) is 23.5 Å². The molecule has 3 aromatic rings. The van der Waals surface area contributed by atoms with Gasteiger partial charge in [0.05, 0.1) is 32.4 Å². The van der Waals surface area contributed by atoms with Gasteiger partial charge < -0.3 is 19.0 Å². The van der Waals surface area contributed by atoms with E-state index < -0.39 is 10.3 Å². The Morgan fingerprint density at radius 1 is 1.15 bits per heavy atom. The number of carbonyl (C=O) groups is 1. The standard InChI is InChI=1S/C23H27N3O6S2/c1-4-17-14-33-23(25-17)19(12-15-8-10-18(11-9-15)32-34(24,28)29)26-21(27)13-16-6-5-7-20(30-2)22(16)31-3/h5-11,14,19H,4,12-13H2,1-3H3,(H,26,27)(H2,24,28,29). The summed E-state index contributed by atoms with van der Waals surface area (Å²) in [6, 6.07) is 11.5. The fourth-order valence-corrected chi connectivity index (χ4v) is 4.74. The van der Waals surface area contributed by atoms with Crippen molar-refractivity contribution in [3.8, 4) is 17.2 Å². The van der Waals surface area contributed by atoms with Crippen molar-refractivity contribution >= 4 is 27.5 Å². The number of rotatable bonds is 11. The summed E-state index contributed by atoms with van der Waals surface area (Å²) in [7, 11) is -1.02. The number of carbonyl (C=O) groups excluding carboxylic acids is 1. The highest BCUT2D eigenvalue weighted by Crippen LogP contribution is 2.31. The molecular weight excluding hydrogens is 478 g/mol. The number of nitrogens with zero attached hydrogens (tertiary/aromatic N) is 1. The third kappa shape index (κ3) is 6.92. The van der Waals surface area contributed by atoms with E-state index in [0.717, 1.165) is 22.7 Å². The number of ether oxygens (including phenoxy) is 2. The number of amides is 1. The molecule has 9 nitrogen and oxygen atoms in total. The number of aromatic nitrogens is 1. The van der Waals surface area contributed by atoms with E-state index in [-0.39, 0.29) is 24.1 Å². The SMILES string of the molecule is CCc1csc(C(Cc2ccc(OS(N)(=O)=O)cc2)NC(=O)Cc2cccc(OC)c2OC)n1. The molecule has 0 aliphatic carbocycles. The largest absolute Gasteiger partial charge is 0.493 e. The molecule has 0 aliphatic rings. The van der Waals surface area contributed by atoms with Crippen LogP contribution in [0.5, 0.6) is 17.2 Å². The van der Waals surface area contributed by atoms with Gasteiger partial charge in [-0.2, -0.15) is 13.6 Å². The van der Waals surface area contributed by atoms with Gasteiger partial charge >= 0.3 is 10.3 Å². The molecule has 182 valence electrons. The van der Waals surface area contributed by atoms with Crippen LogP contribution in [-0.2, 0) is 34.4 Å². The zero-order chi connectivity index (χ0) is 24.7. The fraction of sp³-hybridized carbons (Fsp3) is 0.304. The van der Waals surface area contributed by atoms with Crippen LogP contribution in [0, 0.1) is 0 Å². The van der Waals surface area contributed by atoms with Gasteiger partial charge in [0, 0.05) is 10.9 Å². The molecule has 11 heteroatoms. The second-order valence-electron chi connectivity index (χ2n) is 7.40. The molecule has 3 N–H and O–H groups in total. The number of methoxy groups -OCH3 is 2. The van der Waals surface area contributed by atoms with Gasteiger partial charge in [-0.15, -0.1) is 11.3 Å². The molecule has 34 heavy (non-hydrogen) atoms. The predicted octanol–water partition coefficient (Wildman–Crippen LogP) is 2.95. The Bertz CT molecular complexity index is 1230. The minimum absolute atomic E-state index is 0.101. The van der Waals surface area contributed by atoms with Crippen molar-refractivity contribution in [2.45, 2.75) is 32.2 Å².